The molecule has 1 aliphatic rings. The first kappa shape index (κ1) is 17.8. The van der Waals surface area contributed by atoms with Crippen LogP contribution in [0.2, 0.25) is 0 Å². The Kier molecular flexibility index (Phi) is 6.02. The normalized spacial score (nSPS) is 19.7. The monoisotopic (exact) mass is 320 g/mol. The largest absolute Gasteiger partial charge is 0.444 e. The number of carbonyl (C=O) groups excluding carboxylic acids is 1. The zero-order valence-electron chi connectivity index (χ0n) is 14.3. The minimum atomic E-state index is -0.469. The number of carbonyl (C=O) groups is 1. The molecule has 0 spiro atoms. The van der Waals surface area contributed by atoms with Gasteiger partial charge in [-0.15, -0.1) is 0 Å². The highest BCUT2D eigenvalue weighted by molar-refractivity contribution is 5.68. The Balaban J connectivity index is 1.82. The second-order valence-corrected chi connectivity index (χ2v) is 7.15. The predicted molar refractivity (Wildman–Crippen MR) is 90.4 cm³/mol. The first-order valence-corrected chi connectivity index (χ1v) is 8.26. The third-order valence-electron chi connectivity index (χ3n) is 3.86. The summed E-state index contributed by atoms with van der Waals surface area (Å²) >= 11 is 0. The van der Waals surface area contributed by atoms with Gasteiger partial charge in [-0.25, -0.2) is 4.79 Å². The van der Waals surface area contributed by atoms with E-state index in [4.69, 9.17) is 4.74 Å². The Morgan fingerprint density at radius 1 is 1.39 bits per heavy atom. The van der Waals surface area contributed by atoms with Gasteiger partial charge in [-0.2, -0.15) is 0 Å². The molecule has 5 heteroatoms. The lowest BCUT2D eigenvalue weighted by atomic mass is 10.1. The van der Waals surface area contributed by atoms with Gasteiger partial charge >= 0.3 is 6.09 Å². The van der Waals surface area contributed by atoms with Crippen molar-refractivity contribution < 1.29 is 14.6 Å². The van der Waals surface area contributed by atoms with Crippen LogP contribution in [0.1, 0.15) is 32.8 Å². The molecule has 0 aliphatic carbocycles. The van der Waals surface area contributed by atoms with Crippen LogP contribution in [0, 0.1) is 0 Å². The van der Waals surface area contributed by atoms with Crippen molar-refractivity contribution in [1.82, 2.24) is 10.2 Å². The summed E-state index contributed by atoms with van der Waals surface area (Å²) in [4.78, 5) is 13.8. The summed E-state index contributed by atoms with van der Waals surface area (Å²) in [5.74, 6) is 0. The fraction of sp³-hybridized carbons (Fsp3) is 0.611. The zero-order valence-corrected chi connectivity index (χ0v) is 14.3. The van der Waals surface area contributed by atoms with Crippen LogP contribution in [0.25, 0.3) is 0 Å². The average molecular weight is 320 g/mol. The molecular formula is C18H28N2O3. The lowest BCUT2D eigenvalue weighted by Crippen LogP contribution is -2.44. The molecule has 5 nitrogen and oxygen atoms in total. The summed E-state index contributed by atoms with van der Waals surface area (Å²) in [6, 6.07) is 10.3. The number of benzene rings is 1. The Hall–Kier alpha value is -1.59. The first-order chi connectivity index (χ1) is 10.9. The van der Waals surface area contributed by atoms with Crippen LogP contribution in [-0.4, -0.2) is 53.5 Å². The van der Waals surface area contributed by atoms with Gasteiger partial charge in [0.2, 0.25) is 0 Å². The van der Waals surface area contributed by atoms with Crippen molar-refractivity contribution in [2.45, 2.75) is 51.3 Å². The van der Waals surface area contributed by atoms with E-state index in [2.05, 4.69) is 17.4 Å². The Morgan fingerprint density at radius 2 is 2.09 bits per heavy atom. The number of ether oxygens (including phenoxy) is 1. The lowest BCUT2D eigenvalue weighted by molar-refractivity contribution is 0.0290. The van der Waals surface area contributed by atoms with Crippen molar-refractivity contribution in [3.63, 3.8) is 0 Å². The zero-order chi connectivity index (χ0) is 16.9. The van der Waals surface area contributed by atoms with Crippen LogP contribution in [0.3, 0.4) is 0 Å². The van der Waals surface area contributed by atoms with Crippen molar-refractivity contribution in [1.29, 1.82) is 0 Å². The maximum absolute atomic E-state index is 12.1. The van der Waals surface area contributed by atoms with Crippen molar-refractivity contribution in [2.75, 3.05) is 19.7 Å². The molecule has 2 N–H and O–H groups in total. The van der Waals surface area contributed by atoms with E-state index in [-0.39, 0.29) is 24.8 Å². The Labute approximate surface area is 138 Å². The highest BCUT2D eigenvalue weighted by Gasteiger charge is 2.30. The summed E-state index contributed by atoms with van der Waals surface area (Å²) in [6.07, 6.45) is 1.40. The highest BCUT2D eigenvalue weighted by atomic mass is 16.6. The summed E-state index contributed by atoms with van der Waals surface area (Å²) in [5.41, 5.74) is 0.727. The van der Waals surface area contributed by atoms with E-state index in [0.717, 1.165) is 12.8 Å². The average Bonchev–Trinajstić information content (AvgIpc) is 2.94. The summed E-state index contributed by atoms with van der Waals surface area (Å²) < 4.78 is 5.41. The standard InChI is InChI=1S/C18H28N2O3/c1-18(2,3)23-17(22)20-10-9-15(12-20)19-16(13-21)11-14-7-5-4-6-8-14/h4-8,15-16,19,21H,9-13H2,1-3H3/t15?,16-/m1/s1. The maximum Gasteiger partial charge on any atom is 0.410 e. The quantitative estimate of drug-likeness (QED) is 0.873. The second-order valence-electron chi connectivity index (χ2n) is 7.15. The van der Waals surface area contributed by atoms with Gasteiger partial charge in [0.1, 0.15) is 5.60 Å². The first-order valence-electron chi connectivity index (χ1n) is 8.26. The molecule has 1 aromatic carbocycles. The molecule has 1 aromatic rings. The molecule has 0 radical (unpaired) electrons. The maximum atomic E-state index is 12.1. The van der Waals surface area contributed by atoms with Gasteiger partial charge in [0.05, 0.1) is 6.61 Å². The number of rotatable bonds is 5. The smallest absolute Gasteiger partial charge is 0.410 e. The minimum absolute atomic E-state index is 0.000913. The number of nitrogens with zero attached hydrogens (tertiary/aromatic N) is 1. The third-order valence-corrected chi connectivity index (χ3v) is 3.86. The van der Waals surface area contributed by atoms with E-state index in [1.54, 1.807) is 4.90 Å². The molecule has 1 unspecified atom stereocenters. The van der Waals surface area contributed by atoms with Crippen molar-refractivity contribution >= 4 is 6.09 Å². The molecule has 23 heavy (non-hydrogen) atoms. The molecule has 2 rings (SSSR count). The van der Waals surface area contributed by atoms with Gasteiger partial charge in [-0.1, -0.05) is 30.3 Å². The lowest BCUT2D eigenvalue weighted by Gasteiger charge is -2.25. The summed E-state index contributed by atoms with van der Waals surface area (Å²) in [6.45, 7) is 7.02. The molecule has 2 atom stereocenters. The topological polar surface area (TPSA) is 61.8 Å². The van der Waals surface area contributed by atoms with Crippen molar-refractivity contribution in [3.8, 4) is 0 Å². The molecule has 0 aromatic heterocycles. The molecule has 1 saturated heterocycles. The van der Waals surface area contributed by atoms with Gasteiger partial charge in [-0.05, 0) is 39.2 Å². The second kappa shape index (κ2) is 7.79. The van der Waals surface area contributed by atoms with E-state index in [1.165, 1.54) is 5.56 Å². The van der Waals surface area contributed by atoms with Gasteiger partial charge in [0.25, 0.3) is 0 Å². The van der Waals surface area contributed by atoms with Crippen LogP contribution < -0.4 is 5.32 Å². The van der Waals surface area contributed by atoms with Gasteiger partial charge in [0.15, 0.2) is 0 Å². The molecule has 0 bridgehead atoms. The van der Waals surface area contributed by atoms with E-state index in [9.17, 15) is 9.90 Å². The summed E-state index contributed by atoms with van der Waals surface area (Å²) in [5, 5.41) is 13.1. The van der Waals surface area contributed by atoms with Gasteiger partial charge in [0, 0.05) is 25.2 Å². The molecule has 1 amide bonds. The minimum Gasteiger partial charge on any atom is -0.444 e. The SMILES string of the molecule is CC(C)(C)OC(=O)N1CCC(N[C@@H](CO)Cc2ccccc2)C1. The van der Waals surface area contributed by atoms with Crippen molar-refractivity contribution in [3.05, 3.63) is 35.9 Å². The fourth-order valence-corrected chi connectivity index (χ4v) is 2.80. The van der Waals surface area contributed by atoms with Gasteiger partial charge < -0.3 is 20.1 Å². The van der Waals surface area contributed by atoms with E-state index in [1.807, 2.05) is 39.0 Å². The van der Waals surface area contributed by atoms with Crippen LogP contribution in [0.5, 0.6) is 0 Å². The van der Waals surface area contributed by atoms with Crippen LogP contribution in [-0.2, 0) is 11.2 Å². The van der Waals surface area contributed by atoms with Crippen LogP contribution >= 0.6 is 0 Å². The van der Waals surface area contributed by atoms with Crippen molar-refractivity contribution in [2.24, 2.45) is 0 Å². The van der Waals surface area contributed by atoms with E-state index < -0.39 is 5.60 Å². The number of aliphatic hydroxyl groups excluding tert-OH is 1. The number of aliphatic hydroxyl groups is 1. The third kappa shape index (κ3) is 5.84. The van der Waals surface area contributed by atoms with Gasteiger partial charge in [-0.3, -0.25) is 0 Å². The van der Waals surface area contributed by atoms with Crippen LogP contribution in [0.4, 0.5) is 4.79 Å². The number of likely N-dealkylation sites (tertiary alicyclic amines) is 1. The molecule has 1 fully saturated rings. The number of amides is 1. The van der Waals surface area contributed by atoms with E-state index in [0.29, 0.717) is 13.1 Å². The molecule has 128 valence electrons. The Morgan fingerprint density at radius 3 is 2.70 bits per heavy atom. The number of hydrogen-bond donors (Lipinski definition) is 2. The fourth-order valence-electron chi connectivity index (χ4n) is 2.80. The Bertz CT molecular complexity index is 499. The van der Waals surface area contributed by atoms with E-state index >= 15 is 0 Å². The number of nitrogens with one attached hydrogen (secondary N) is 1. The number of hydrogen-bond acceptors (Lipinski definition) is 4. The highest BCUT2D eigenvalue weighted by Crippen LogP contribution is 2.16. The molecule has 1 heterocycles. The predicted octanol–water partition coefficient (Wildman–Crippen LogP) is 2.19. The van der Waals surface area contributed by atoms with Crippen LogP contribution in [0.15, 0.2) is 30.3 Å². The summed E-state index contributed by atoms with van der Waals surface area (Å²) in [7, 11) is 0. The molecular weight excluding hydrogens is 292 g/mol. The molecule has 0 saturated carbocycles. The molecule has 1 aliphatic heterocycles.